The summed E-state index contributed by atoms with van der Waals surface area (Å²) in [5.74, 6) is -4.62. The molecular formula is C40H46F3N7O3. The Morgan fingerprint density at radius 2 is 1.77 bits per heavy atom. The van der Waals surface area contributed by atoms with Crippen LogP contribution in [0.25, 0.3) is 10.9 Å². The molecule has 2 aromatic carbocycles. The summed E-state index contributed by atoms with van der Waals surface area (Å²) in [6, 6.07) is 12.7. The van der Waals surface area contributed by atoms with Gasteiger partial charge in [0, 0.05) is 98.3 Å². The van der Waals surface area contributed by atoms with Crippen molar-refractivity contribution in [1.29, 1.82) is 0 Å². The monoisotopic (exact) mass is 729 g/mol. The van der Waals surface area contributed by atoms with Crippen molar-refractivity contribution in [2.75, 3.05) is 57.8 Å². The second-order valence-corrected chi connectivity index (χ2v) is 15.6. The summed E-state index contributed by atoms with van der Waals surface area (Å²) in [7, 11) is 1.69. The van der Waals surface area contributed by atoms with Crippen LogP contribution in [0.1, 0.15) is 73.0 Å². The zero-order valence-electron chi connectivity index (χ0n) is 30.2. The Kier molecular flexibility index (Phi) is 9.11. The van der Waals surface area contributed by atoms with Crippen LogP contribution in [0.4, 0.5) is 18.9 Å². The van der Waals surface area contributed by atoms with Crippen molar-refractivity contribution in [2.45, 2.75) is 57.3 Å². The molecule has 4 heterocycles. The zero-order valence-corrected chi connectivity index (χ0v) is 30.2. The number of piperidine rings is 2. The number of hydrogen-bond donors (Lipinski definition) is 3. The number of rotatable bonds is 8. The molecule has 3 aromatic rings. The minimum absolute atomic E-state index is 0.0128. The first-order chi connectivity index (χ1) is 25.4. The number of amides is 3. The SMILES string of the molecule is CN/N=C(\C1=CCC2(C)C(C1)C2(F)F)c1cc2ccc(C(=O)N3CCN(CC4CCN(c5ccc(C6CCC(=O)NC6=O)c(F)c5)CC4)CC3)cc2[nH]1. The fraction of sp³-hybridized carbons (Fsp3) is 0.500. The van der Waals surface area contributed by atoms with Gasteiger partial charge in [0.15, 0.2) is 0 Å². The van der Waals surface area contributed by atoms with E-state index in [1.807, 2.05) is 41.3 Å². The number of allylic oxidation sites excluding steroid dienone is 2. The van der Waals surface area contributed by atoms with Gasteiger partial charge in [-0.2, -0.15) is 5.10 Å². The number of benzene rings is 2. The maximum absolute atomic E-state index is 15.1. The lowest BCUT2D eigenvalue weighted by Gasteiger charge is -2.39. The minimum Gasteiger partial charge on any atom is -0.371 e. The smallest absolute Gasteiger partial charge is 0.258 e. The van der Waals surface area contributed by atoms with E-state index >= 15 is 4.39 Å². The predicted octanol–water partition coefficient (Wildman–Crippen LogP) is 5.42. The number of alkyl halides is 2. The second-order valence-electron chi connectivity index (χ2n) is 15.6. The van der Waals surface area contributed by atoms with Crippen molar-refractivity contribution in [2.24, 2.45) is 22.4 Å². The first-order valence-corrected chi connectivity index (χ1v) is 18.8. The molecule has 8 rings (SSSR count). The van der Waals surface area contributed by atoms with Crippen LogP contribution in [-0.2, 0) is 9.59 Å². The van der Waals surface area contributed by atoms with E-state index in [0.717, 1.165) is 73.4 Å². The predicted molar refractivity (Wildman–Crippen MR) is 197 cm³/mol. The summed E-state index contributed by atoms with van der Waals surface area (Å²) in [4.78, 5) is 47.3. The molecule has 5 aliphatic rings. The standard InChI is InChI=1S/C40H46F3N7O3/c1-39-12-9-26(21-34(39)40(39,42)43)36(47-44-2)33-19-25-3-4-27(20-32(25)45-33)38(53)50-17-15-48(16-18-50)23-24-10-13-49(14-11-24)28-5-6-29(31(41)22-28)30-7-8-35(51)46-37(30)52/h3-6,9,19-20,22,24,30,34,44-45H,7-8,10-18,21,23H2,1-2H3,(H,46,51,52)/b47-36+. The molecule has 53 heavy (non-hydrogen) atoms. The molecule has 3 atom stereocenters. The number of nitrogens with zero attached hydrogens (tertiary/aromatic N) is 4. The number of carbonyl (C=O) groups is 3. The number of fused-ring (bicyclic) bond motifs is 2. The van der Waals surface area contributed by atoms with Crippen LogP contribution in [0.5, 0.6) is 0 Å². The van der Waals surface area contributed by atoms with E-state index in [4.69, 9.17) is 0 Å². The number of piperazine rings is 1. The molecule has 3 amide bonds. The van der Waals surface area contributed by atoms with Gasteiger partial charge in [0.05, 0.1) is 11.6 Å². The van der Waals surface area contributed by atoms with Crippen molar-refractivity contribution >= 4 is 40.0 Å². The highest BCUT2D eigenvalue weighted by Gasteiger charge is 2.77. The number of aromatic amines is 1. The van der Waals surface area contributed by atoms with Crippen LogP contribution < -0.4 is 15.6 Å². The first kappa shape index (κ1) is 35.4. The molecule has 4 fully saturated rings. The number of hydrogen-bond acceptors (Lipinski definition) is 7. The minimum atomic E-state index is -2.66. The average molecular weight is 730 g/mol. The lowest BCUT2D eigenvalue weighted by Crippen LogP contribution is -2.50. The molecule has 3 aliphatic heterocycles. The van der Waals surface area contributed by atoms with Crippen LogP contribution in [-0.4, -0.2) is 97.0 Å². The molecule has 280 valence electrons. The second kappa shape index (κ2) is 13.6. The molecule has 3 unspecified atom stereocenters. The topological polar surface area (TPSA) is 113 Å². The number of nitrogens with one attached hydrogen (secondary N) is 3. The Bertz CT molecular complexity index is 2010. The van der Waals surface area contributed by atoms with Crippen LogP contribution in [0, 0.1) is 23.1 Å². The van der Waals surface area contributed by atoms with Gasteiger partial charge in [-0.3, -0.25) is 24.6 Å². The van der Waals surface area contributed by atoms with Gasteiger partial charge in [0.2, 0.25) is 11.8 Å². The Morgan fingerprint density at radius 1 is 1.00 bits per heavy atom. The summed E-state index contributed by atoms with van der Waals surface area (Å²) >= 11 is 0. The van der Waals surface area contributed by atoms with Gasteiger partial charge >= 0.3 is 0 Å². The molecule has 13 heteroatoms. The quantitative estimate of drug-likeness (QED) is 0.162. The maximum Gasteiger partial charge on any atom is 0.258 e. The van der Waals surface area contributed by atoms with Gasteiger partial charge in [-0.05, 0) is 73.9 Å². The summed E-state index contributed by atoms with van der Waals surface area (Å²) < 4.78 is 44.0. The van der Waals surface area contributed by atoms with E-state index < -0.39 is 34.9 Å². The van der Waals surface area contributed by atoms with E-state index in [1.165, 1.54) is 6.07 Å². The van der Waals surface area contributed by atoms with Gasteiger partial charge < -0.3 is 20.2 Å². The van der Waals surface area contributed by atoms with Gasteiger partial charge in [-0.25, -0.2) is 13.2 Å². The fourth-order valence-corrected chi connectivity index (χ4v) is 8.98. The van der Waals surface area contributed by atoms with Crippen molar-refractivity contribution in [3.05, 3.63) is 76.8 Å². The Hall–Kier alpha value is -4.65. The highest BCUT2D eigenvalue weighted by Crippen LogP contribution is 2.71. The number of H-pyrrole nitrogens is 1. The van der Waals surface area contributed by atoms with Crippen molar-refractivity contribution in [3.63, 3.8) is 0 Å². The third-order valence-corrected chi connectivity index (χ3v) is 12.5. The van der Waals surface area contributed by atoms with Crippen molar-refractivity contribution in [3.8, 4) is 0 Å². The van der Waals surface area contributed by atoms with Crippen LogP contribution in [0.2, 0.25) is 0 Å². The summed E-state index contributed by atoms with van der Waals surface area (Å²) in [5.41, 5.74) is 6.58. The Balaban J connectivity index is 0.831. The molecule has 1 saturated carbocycles. The lowest BCUT2D eigenvalue weighted by molar-refractivity contribution is -0.134. The number of carbonyl (C=O) groups excluding carboxylic acids is 3. The number of anilines is 1. The lowest BCUT2D eigenvalue weighted by atomic mass is 9.88. The molecule has 3 N–H and O–H groups in total. The van der Waals surface area contributed by atoms with Gasteiger partial charge in [-0.15, -0.1) is 0 Å². The molecule has 0 radical (unpaired) electrons. The largest absolute Gasteiger partial charge is 0.371 e. The average Bonchev–Trinajstić information content (AvgIpc) is 3.38. The van der Waals surface area contributed by atoms with Gasteiger partial charge in [0.25, 0.3) is 11.8 Å². The number of hydrazone groups is 1. The molecule has 2 aliphatic carbocycles. The summed E-state index contributed by atoms with van der Waals surface area (Å²) in [6.45, 7) is 7.13. The molecule has 1 aromatic heterocycles. The van der Waals surface area contributed by atoms with Crippen molar-refractivity contribution < 1.29 is 27.6 Å². The molecule has 0 spiro atoms. The number of halogens is 3. The van der Waals surface area contributed by atoms with E-state index in [-0.39, 0.29) is 24.7 Å². The van der Waals surface area contributed by atoms with Gasteiger partial charge in [-0.1, -0.05) is 25.1 Å². The molecule has 10 nitrogen and oxygen atoms in total. The zero-order chi connectivity index (χ0) is 37.1. The van der Waals surface area contributed by atoms with Crippen LogP contribution in [0.15, 0.2) is 59.2 Å². The summed E-state index contributed by atoms with van der Waals surface area (Å²) in [5, 5.41) is 7.70. The maximum atomic E-state index is 15.1. The highest BCUT2D eigenvalue weighted by molar-refractivity contribution is 6.14. The number of imide groups is 1. The summed E-state index contributed by atoms with van der Waals surface area (Å²) in [6.07, 6.45) is 5.00. The van der Waals surface area contributed by atoms with E-state index in [9.17, 15) is 23.2 Å². The van der Waals surface area contributed by atoms with E-state index in [2.05, 4.69) is 30.6 Å². The van der Waals surface area contributed by atoms with E-state index in [1.54, 1.807) is 20.0 Å². The Labute approximate surface area is 306 Å². The van der Waals surface area contributed by atoms with Gasteiger partial charge in [0.1, 0.15) is 11.5 Å². The third-order valence-electron chi connectivity index (χ3n) is 12.5. The van der Waals surface area contributed by atoms with Crippen LogP contribution in [0.3, 0.4) is 0 Å². The fourth-order valence-electron chi connectivity index (χ4n) is 8.98. The molecule has 3 saturated heterocycles. The third kappa shape index (κ3) is 6.51. The van der Waals surface area contributed by atoms with Crippen LogP contribution >= 0.6 is 0 Å². The Morgan fingerprint density at radius 3 is 2.47 bits per heavy atom. The number of aromatic nitrogens is 1. The molecule has 0 bridgehead atoms. The first-order valence-electron chi connectivity index (χ1n) is 18.8. The highest BCUT2D eigenvalue weighted by atomic mass is 19.3. The van der Waals surface area contributed by atoms with E-state index in [0.29, 0.717) is 48.7 Å². The molecular weight excluding hydrogens is 683 g/mol. The van der Waals surface area contributed by atoms with Crippen molar-refractivity contribution in [1.82, 2.24) is 25.5 Å². The normalized spacial score (nSPS) is 26.7.